The highest BCUT2D eigenvalue weighted by molar-refractivity contribution is 7.13. The van der Waals surface area contributed by atoms with E-state index in [1.165, 1.54) is 11.3 Å². The van der Waals surface area contributed by atoms with Crippen LogP contribution < -0.4 is 21.3 Å². The Bertz CT molecular complexity index is 1040. The Morgan fingerprint density at radius 2 is 1.94 bits per heavy atom. The van der Waals surface area contributed by atoms with Crippen LogP contribution in [0.1, 0.15) is 35.3 Å². The summed E-state index contributed by atoms with van der Waals surface area (Å²) >= 11 is 1.21. The molecule has 1 aliphatic heterocycles. The molecular weight excluding hydrogens is 458 g/mol. The molecule has 0 aliphatic carbocycles. The van der Waals surface area contributed by atoms with Crippen molar-refractivity contribution in [2.75, 3.05) is 18.4 Å². The zero-order valence-electron chi connectivity index (χ0n) is 18.5. The highest BCUT2D eigenvalue weighted by Crippen LogP contribution is 2.18. The first-order chi connectivity index (χ1) is 16.4. The second-order valence-electron chi connectivity index (χ2n) is 7.70. The Hall–Kier alpha value is -3.73. The van der Waals surface area contributed by atoms with E-state index in [1.807, 2.05) is 36.4 Å². The molecule has 0 spiro atoms. The van der Waals surface area contributed by atoms with Crippen molar-refractivity contribution < 1.29 is 24.3 Å². The van der Waals surface area contributed by atoms with Gasteiger partial charge in [0, 0.05) is 18.3 Å². The summed E-state index contributed by atoms with van der Waals surface area (Å²) in [5, 5.41) is 21.9. The summed E-state index contributed by atoms with van der Waals surface area (Å²) < 4.78 is 0. The number of anilines is 1. The number of aromatic nitrogens is 1. The van der Waals surface area contributed by atoms with Gasteiger partial charge in [-0.3, -0.25) is 19.2 Å². The van der Waals surface area contributed by atoms with Crippen LogP contribution in [0.25, 0.3) is 0 Å². The number of nitrogens with zero attached hydrogens (tertiary/aromatic N) is 1. The number of nitrogens with one attached hydrogen (secondary N) is 4. The third kappa shape index (κ3) is 7.69. The number of carbonyl (C=O) groups is 4. The van der Waals surface area contributed by atoms with Crippen molar-refractivity contribution in [2.45, 2.75) is 37.8 Å². The molecule has 2 bridgehead atoms. The summed E-state index contributed by atoms with van der Waals surface area (Å²) in [7, 11) is 0. The molecular formula is C23H27N5O5S. The molecule has 0 fully saturated rings. The number of fused-ring (bicyclic) bond motifs is 2. The van der Waals surface area contributed by atoms with Gasteiger partial charge in [-0.15, -0.1) is 11.3 Å². The molecule has 2 aromatic rings. The predicted octanol–water partition coefficient (Wildman–Crippen LogP) is 1.32. The molecule has 2 heterocycles. The number of benzene rings is 1. The van der Waals surface area contributed by atoms with Gasteiger partial charge in [-0.1, -0.05) is 42.5 Å². The molecule has 5 N–H and O–H groups in total. The average molecular weight is 486 g/mol. The van der Waals surface area contributed by atoms with Crippen LogP contribution in [0.15, 0.2) is 47.9 Å². The highest BCUT2D eigenvalue weighted by atomic mass is 32.1. The second kappa shape index (κ2) is 12.5. The van der Waals surface area contributed by atoms with E-state index in [1.54, 1.807) is 11.5 Å². The zero-order valence-corrected chi connectivity index (χ0v) is 19.3. The molecule has 11 heteroatoms. The van der Waals surface area contributed by atoms with Gasteiger partial charge in [-0.25, -0.2) is 4.98 Å². The van der Waals surface area contributed by atoms with E-state index >= 15 is 0 Å². The molecule has 3 amide bonds. The Morgan fingerprint density at radius 1 is 1.15 bits per heavy atom. The van der Waals surface area contributed by atoms with Crippen LogP contribution in [0.2, 0.25) is 0 Å². The van der Waals surface area contributed by atoms with E-state index in [0.29, 0.717) is 30.9 Å². The van der Waals surface area contributed by atoms with E-state index in [4.69, 9.17) is 5.11 Å². The quantitative estimate of drug-likeness (QED) is 0.401. The van der Waals surface area contributed by atoms with Crippen molar-refractivity contribution in [1.29, 1.82) is 0 Å². The predicted molar refractivity (Wildman–Crippen MR) is 128 cm³/mol. The second-order valence-corrected chi connectivity index (χ2v) is 8.56. The summed E-state index contributed by atoms with van der Waals surface area (Å²) in [6.07, 6.45) is 5.50. The number of thiazole rings is 1. The number of amides is 3. The number of carbonyl (C=O) groups excluding carboxylic acids is 3. The van der Waals surface area contributed by atoms with Crippen LogP contribution in [0.4, 0.5) is 5.13 Å². The van der Waals surface area contributed by atoms with Gasteiger partial charge in [0.2, 0.25) is 11.8 Å². The molecule has 1 aromatic carbocycles. The molecule has 1 aliphatic rings. The monoisotopic (exact) mass is 485 g/mol. The lowest BCUT2D eigenvalue weighted by Gasteiger charge is -2.22. The van der Waals surface area contributed by atoms with Crippen LogP contribution in [-0.2, 0) is 20.8 Å². The van der Waals surface area contributed by atoms with Crippen molar-refractivity contribution in [3.8, 4) is 0 Å². The smallest absolute Gasteiger partial charge is 0.322 e. The highest BCUT2D eigenvalue weighted by Gasteiger charge is 2.26. The Morgan fingerprint density at radius 3 is 2.71 bits per heavy atom. The van der Waals surface area contributed by atoms with Crippen LogP contribution in [0.5, 0.6) is 0 Å². The topological polar surface area (TPSA) is 150 Å². The summed E-state index contributed by atoms with van der Waals surface area (Å²) in [6, 6.07) is 7.64. The molecule has 10 nitrogen and oxygen atoms in total. The van der Waals surface area contributed by atoms with Gasteiger partial charge < -0.3 is 26.4 Å². The maximum Gasteiger partial charge on any atom is 0.322 e. The number of carboxylic acid groups (broad SMARTS) is 1. The van der Waals surface area contributed by atoms with Gasteiger partial charge >= 0.3 is 5.97 Å². The van der Waals surface area contributed by atoms with E-state index < -0.39 is 36.4 Å². The molecule has 1 aromatic heterocycles. The van der Waals surface area contributed by atoms with Crippen LogP contribution in [-0.4, -0.2) is 59.0 Å². The number of allylic oxidation sites excluding steroid dienone is 1. The lowest BCUT2D eigenvalue weighted by molar-refractivity contribution is -0.138. The van der Waals surface area contributed by atoms with Crippen LogP contribution in [0, 0.1) is 0 Å². The van der Waals surface area contributed by atoms with Gasteiger partial charge in [0.05, 0.1) is 0 Å². The molecule has 0 saturated heterocycles. The molecule has 3 rings (SSSR count). The average Bonchev–Trinajstić information content (AvgIpc) is 3.29. The maximum atomic E-state index is 13.2. The first-order valence-corrected chi connectivity index (χ1v) is 11.8. The Balaban J connectivity index is 1.85. The van der Waals surface area contributed by atoms with Gasteiger partial charge in [0.1, 0.15) is 24.3 Å². The van der Waals surface area contributed by atoms with Gasteiger partial charge in [0.15, 0.2) is 5.13 Å². The first-order valence-electron chi connectivity index (χ1n) is 10.9. The van der Waals surface area contributed by atoms with E-state index in [-0.39, 0.29) is 18.0 Å². The molecule has 180 valence electrons. The third-order valence-electron chi connectivity index (χ3n) is 5.05. The lowest BCUT2D eigenvalue weighted by Crippen LogP contribution is -2.52. The Labute approximate surface area is 200 Å². The molecule has 2 unspecified atom stereocenters. The number of hydrogen-bond donors (Lipinski definition) is 5. The van der Waals surface area contributed by atoms with E-state index in [2.05, 4.69) is 26.3 Å². The summed E-state index contributed by atoms with van der Waals surface area (Å²) in [5.41, 5.74) is 1.16. The zero-order chi connectivity index (χ0) is 24.3. The minimum Gasteiger partial charge on any atom is -0.480 e. The molecule has 34 heavy (non-hydrogen) atoms. The molecule has 0 saturated carbocycles. The van der Waals surface area contributed by atoms with Crippen molar-refractivity contribution in [1.82, 2.24) is 20.9 Å². The standard InChI is InChI=1S/C23H27N5O5S/c29-19(30)13-25-20(31)16-10-6-1-2-7-11-24-21(32)18-14-34-23(28-18)27-17(22(33)26-16)12-15-8-4-3-5-9-15/h1,3-6,8-9,14,16-17H,2,7,10-13H2,(H,24,32)(H,25,31)(H,26,33)(H,27,28)(H,29,30)/b6-1-. The van der Waals surface area contributed by atoms with Crippen LogP contribution in [0.3, 0.4) is 0 Å². The van der Waals surface area contributed by atoms with Gasteiger partial charge in [0.25, 0.3) is 5.91 Å². The fourth-order valence-corrected chi connectivity index (χ4v) is 4.05. The lowest BCUT2D eigenvalue weighted by atomic mass is 10.0. The van der Waals surface area contributed by atoms with Gasteiger partial charge in [-0.05, 0) is 24.8 Å². The Kier molecular flexibility index (Phi) is 9.15. The fraction of sp³-hybridized carbons (Fsp3) is 0.348. The van der Waals surface area contributed by atoms with Gasteiger partial charge in [-0.2, -0.15) is 0 Å². The SMILES string of the molecule is O=C(O)CNC(=O)C1C/C=C\CCCNC(=O)c2csc(n2)NC(Cc2ccccc2)C(=O)N1. The number of aliphatic carboxylic acids is 1. The van der Waals surface area contributed by atoms with E-state index in [0.717, 1.165) is 5.56 Å². The van der Waals surface area contributed by atoms with E-state index in [9.17, 15) is 19.2 Å². The number of carboxylic acids is 1. The minimum atomic E-state index is -1.17. The summed E-state index contributed by atoms with van der Waals surface area (Å²) in [5.74, 6) is -2.47. The van der Waals surface area contributed by atoms with Crippen molar-refractivity contribution in [3.05, 3.63) is 59.1 Å². The normalized spacial score (nSPS) is 20.4. The third-order valence-corrected chi connectivity index (χ3v) is 5.83. The summed E-state index contributed by atoms with van der Waals surface area (Å²) in [6.45, 7) is -0.0679. The largest absolute Gasteiger partial charge is 0.480 e. The van der Waals surface area contributed by atoms with Crippen molar-refractivity contribution in [2.24, 2.45) is 0 Å². The van der Waals surface area contributed by atoms with Crippen molar-refractivity contribution in [3.63, 3.8) is 0 Å². The maximum absolute atomic E-state index is 13.2. The molecule has 0 radical (unpaired) electrons. The number of hydrogen-bond acceptors (Lipinski definition) is 7. The molecule has 2 atom stereocenters. The number of rotatable bonds is 5. The summed E-state index contributed by atoms with van der Waals surface area (Å²) in [4.78, 5) is 53.3. The van der Waals surface area contributed by atoms with Crippen molar-refractivity contribution >= 4 is 40.2 Å². The fourth-order valence-electron chi connectivity index (χ4n) is 3.30. The first kappa shape index (κ1) is 24.9. The minimum absolute atomic E-state index is 0.197. The van der Waals surface area contributed by atoms with Crippen LogP contribution >= 0.6 is 11.3 Å².